The predicted molar refractivity (Wildman–Crippen MR) is 79.6 cm³/mol. The fourth-order valence-corrected chi connectivity index (χ4v) is 1.60. The van der Waals surface area contributed by atoms with Gasteiger partial charge in [0.1, 0.15) is 12.1 Å². The average molecular weight is 325 g/mol. The summed E-state index contributed by atoms with van der Waals surface area (Å²) in [6.45, 7) is 0. The molecule has 8 heteroatoms. The second kappa shape index (κ2) is 9.55. The van der Waals surface area contributed by atoms with E-state index >= 15 is 0 Å². The smallest absolute Gasteiger partial charge is 0.320 e. The fraction of sp³-hybridized carbons (Fsp3) is 0.333. The highest BCUT2D eigenvalue weighted by molar-refractivity contribution is 5.85. The monoisotopic (exact) mass is 324 g/mol. The summed E-state index contributed by atoms with van der Waals surface area (Å²) < 4.78 is 0. The van der Waals surface area contributed by atoms with E-state index in [0.29, 0.717) is 11.1 Å². The van der Waals surface area contributed by atoms with Crippen molar-refractivity contribution in [2.75, 3.05) is 0 Å². The van der Waals surface area contributed by atoms with Gasteiger partial charge in [-0.15, -0.1) is 24.8 Å². The molecule has 0 unspecified atom stereocenters. The van der Waals surface area contributed by atoms with E-state index in [2.05, 4.69) is 0 Å². The molecule has 0 radical (unpaired) electrons. The number of rotatable bonds is 6. The predicted octanol–water partition coefficient (Wildman–Crippen LogP) is 0.439. The molecule has 0 aliphatic carbocycles. The molecule has 0 aliphatic rings. The third-order valence-corrected chi connectivity index (χ3v) is 2.63. The zero-order valence-corrected chi connectivity index (χ0v) is 12.2. The van der Waals surface area contributed by atoms with E-state index in [1.807, 2.05) is 0 Å². The summed E-state index contributed by atoms with van der Waals surface area (Å²) in [5.74, 6) is -2.18. The van der Waals surface area contributed by atoms with Gasteiger partial charge in [0, 0.05) is 0 Å². The maximum absolute atomic E-state index is 10.7. The van der Waals surface area contributed by atoms with Gasteiger partial charge in [-0.25, -0.2) is 0 Å². The van der Waals surface area contributed by atoms with Crippen molar-refractivity contribution in [3.05, 3.63) is 35.4 Å². The number of nitrogens with two attached hydrogens (primary N) is 2. The molecule has 114 valence electrons. The summed E-state index contributed by atoms with van der Waals surface area (Å²) in [6, 6.07) is 4.94. The van der Waals surface area contributed by atoms with Crippen LogP contribution in [0.15, 0.2) is 24.3 Å². The molecular formula is C12H18Cl2N2O4. The first-order chi connectivity index (χ1) is 8.41. The van der Waals surface area contributed by atoms with Crippen molar-refractivity contribution in [1.82, 2.24) is 0 Å². The van der Waals surface area contributed by atoms with Crippen LogP contribution >= 0.6 is 24.8 Å². The lowest BCUT2D eigenvalue weighted by atomic mass is 9.96. The molecule has 0 bridgehead atoms. The Balaban J connectivity index is 0. The average Bonchev–Trinajstić information content (AvgIpc) is 2.31. The van der Waals surface area contributed by atoms with Gasteiger partial charge in [-0.1, -0.05) is 24.3 Å². The SMILES string of the molecule is Cl.Cl.N[C@@H](Cc1ccccc1C[C@H](N)C(=O)O)C(=O)O. The molecule has 0 fully saturated rings. The van der Waals surface area contributed by atoms with Crippen LogP contribution in [0.4, 0.5) is 0 Å². The van der Waals surface area contributed by atoms with Crippen molar-refractivity contribution in [3.63, 3.8) is 0 Å². The second-order valence-electron chi connectivity index (χ2n) is 4.07. The van der Waals surface area contributed by atoms with E-state index in [1.165, 1.54) is 0 Å². The van der Waals surface area contributed by atoms with Crippen LogP contribution in [0.25, 0.3) is 0 Å². The Morgan fingerprint density at radius 3 is 1.45 bits per heavy atom. The third-order valence-electron chi connectivity index (χ3n) is 2.63. The first-order valence-electron chi connectivity index (χ1n) is 5.45. The van der Waals surface area contributed by atoms with Gasteiger partial charge in [0.05, 0.1) is 0 Å². The van der Waals surface area contributed by atoms with Crippen LogP contribution < -0.4 is 11.5 Å². The molecule has 0 spiro atoms. The minimum Gasteiger partial charge on any atom is -0.480 e. The summed E-state index contributed by atoms with van der Waals surface area (Å²) in [6.07, 6.45) is 0.301. The number of carboxylic acid groups (broad SMARTS) is 2. The van der Waals surface area contributed by atoms with E-state index in [9.17, 15) is 9.59 Å². The molecule has 0 heterocycles. The van der Waals surface area contributed by atoms with Crippen molar-refractivity contribution in [3.8, 4) is 0 Å². The van der Waals surface area contributed by atoms with Crippen molar-refractivity contribution in [1.29, 1.82) is 0 Å². The van der Waals surface area contributed by atoms with E-state index in [-0.39, 0.29) is 37.7 Å². The zero-order chi connectivity index (χ0) is 13.7. The van der Waals surface area contributed by atoms with Gasteiger partial charge < -0.3 is 21.7 Å². The Bertz CT molecular complexity index is 416. The first kappa shape index (κ1) is 21.0. The van der Waals surface area contributed by atoms with Gasteiger partial charge in [0.2, 0.25) is 0 Å². The molecule has 2 atom stereocenters. The highest BCUT2D eigenvalue weighted by Gasteiger charge is 2.17. The van der Waals surface area contributed by atoms with Crippen molar-refractivity contribution in [2.24, 2.45) is 11.5 Å². The minimum atomic E-state index is -1.09. The van der Waals surface area contributed by atoms with Crippen LogP contribution in [0.1, 0.15) is 11.1 Å². The van der Waals surface area contributed by atoms with Crippen LogP contribution in [0.5, 0.6) is 0 Å². The number of carbonyl (C=O) groups is 2. The number of aliphatic carboxylic acids is 2. The largest absolute Gasteiger partial charge is 0.480 e. The van der Waals surface area contributed by atoms with Gasteiger partial charge >= 0.3 is 11.9 Å². The highest BCUT2D eigenvalue weighted by Crippen LogP contribution is 2.13. The molecule has 0 saturated carbocycles. The number of benzene rings is 1. The number of halogens is 2. The Kier molecular flexibility index (Phi) is 10.0. The second-order valence-corrected chi connectivity index (χ2v) is 4.07. The molecule has 0 aliphatic heterocycles. The topological polar surface area (TPSA) is 127 Å². The standard InChI is InChI=1S/C12H16N2O4.2ClH/c13-9(11(15)16)5-7-3-1-2-4-8(7)6-10(14)12(17)18;;/h1-4,9-10H,5-6,13-14H2,(H,15,16)(H,17,18);2*1H/t9-,10-;;/m0../s1. The van der Waals surface area contributed by atoms with Crippen LogP contribution in [0.2, 0.25) is 0 Å². The number of hydrogen-bond acceptors (Lipinski definition) is 4. The minimum absolute atomic E-state index is 0. The van der Waals surface area contributed by atoms with Gasteiger partial charge in [0.15, 0.2) is 0 Å². The number of hydrogen-bond donors (Lipinski definition) is 4. The van der Waals surface area contributed by atoms with E-state index in [0.717, 1.165) is 0 Å². The Morgan fingerprint density at radius 1 is 0.900 bits per heavy atom. The Hall–Kier alpha value is -1.34. The normalized spacial score (nSPS) is 12.5. The zero-order valence-electron chi connectivity index (χ0n) is 10.6. The fourth-order valence-electron chi connectivity index (χ4n) is 1.60. The quantitative estimate of drug-likeness (QED) is 0.601. The molecule has 20 heavy (non-hydrogen) atoms. The lowest BCUT2D eigenvalue weighted by molar-refractivity contribution is -0.139. The van der Waals surface area contributed by atoms with Crippen LogP contribution in [0, 0.1) is 0 Å². The van der Waals surface area contributed by atoms with Crippen molar-refractivity contribution >= 4 is 36.8 Å². The van der Waals surface area contributed by atoms with Crippen molar-refractivity contribution in [2.45, 2.75) is 24.9 Å². The van der Waals surface area contributed by atoms with Crippen LogP contribution in [-0.2, 0) is 22.4 Å². The van der Waals surface area contributed by atoms with Crippen LogP contribution in [0.3, 0.4) is 0 Å². The summed E-state index contributed by atoms with van der Waals surface area (Å²) in [5.41, 5.74) is 12.3. The van der Waals surface area contributed by atoms with Gasteiger partial charge in [-0.3, -0.25) is 9.59 Å². The maximum Gasteiger partial charge on any atom is 0.320 e. The summed E-state index contributed by atoms with van der Waals surface area (Å²) in [7, 11) is 0. The molecule has 6 nitrogen and oxygen atoms in total. The van der Waals surface area contributed by atoms with Gasteiger partial charge in [-0.05, 0) is 24.0 Å². The van der Waals surface area contributed by atoms with Gasteiger partial charge in [0.25, 0.3) is 0 Å². The molecule has 0 saturated heterocycles. The summed E-state index contributed by atoms with van der Waals surface area (Å²) >= 11 is 0. The van der Waals surface area contributed by atoms with Crippen LogP contribution in [-0.4, -0.2) is 34.2 Å². The van der Waals surface area contributed by atoms with E-state index in [4.69, 9.17) is 21.7 Å². The lowest BCUT2D eigenvalue weighted by Gasteiger charge is -2.13. The summed E-state index contributed by atoms with van der Waals surface area (Å²) in [5, 5.41) is 17.5. The van der Waals surface area contributed by atoms with E-state index < -0.39 is 24.0 Å². The molecular weight excluding hydrogens is 307 g/mol. The Labute approximate surface area is 129 Å². The molecule has 6 N–H and O–H groups in total. The molecule has 1 aromatic rings. The summed E-state index contributed by atoms with van der Waals surface area (Å²) in [4.78, 5) is 21.4. The first-order valence-corrected chi connectivity index (χ1v) is 5.45. The lowest BCUT2D eigenvalue weighted by Crippen LogP contribution is -2.34. The highest BCUT2D eigenvalue weighted by atomic mass is 35.5. The molecule has 1 rings (SSSR count). The molecule has 1 aromatic carbocycles. The van der Waals surface area contributed by atoms with Gasteiger partial charge in [-0.2, -0.15) is 0 Å². The Morgan fingerprint density at radius 2 is 1.20 bits per heavy atom. The third kappa shape index (κ3) is 6.21. The maximum atomic E-state index is 10.7. The molecule has 0 amide bonds. The molecule has 0 aromatic heterocycles. The van der Waals surface area contributed by atoms with Crippen molar-refractivity contribution < 1.29 is 19.8 Å². The number of carboxylic acids is 2. The van der Waals surface area contributed by atoms with E-state index in [1.54, 1.807) is 24.3 Å².